The molecule has 10 heteroatoms. The molecule has 0 aromatic rings. The first kappa shape index (κ1) is 18.9. The van der Waals surface area contributed by atoms with Gasteiger partial charge in [-0.3, -0.25) is 4.79 Å². The lowest BCUT2D eigenvalue weighted by atomic mass is 9.67. The lowest BCUT2D eigenvalue weighted by Crippen LogP contribution is -2.57. The third kappa shape index (κ3) is 2.24. The molecule has 0 unspecified atom stereocenters. The second-order valence-electron chi connectivity index (χ2n) is 8.13. The SMILES string of the molecule is CC1(C)[C@H]2CC[C@]13C(=O)N1C(=O)O[C@H]([C@@H]1Cl)C(F)(F)C(=O)OCCO[C@@H]3C2. The van der Waals surface area contributed by atoms with E-state index in [0.717, 1.165) is 6.42 Å². The van der Waals surface area contributed by atoms with Gasteiger partial charge in [0.15, 0.2) is 5.50 Å². The van der Waals surface area contributed by atoms with Crippen molar-refractivity contribution in [3.8, 4) is 0 Å². The maximum atomic E-state index is 14.4. The van der Waals surface area contributed by atoms with Crippen molar-refractivity contribution >= 4 is 29.6 Å². The van der Waals surface area contributed by atoms with E-state index in [1.165, 1.54) is 0 Å². The Labute approximate surface area is 159 Å². The molecule has 2 amide bonds. The Hall–Kier alpha value is -1.48. The largest absolute Gasteiger partial charge is 0.459 e. The minimum Gasteiger partial charge on any atom is -0.459 e. The molecule has 0 aromatic heterocycles. The fraction of sp³-hybridized carbons (Fsp3) is 0.824. The Morgan fingerprint density at radius 1 is 1.19 bits per heavy atom. The summed E-state index contributed by atoms with van der Waals surface area (Å²) in [6, 6.07) is 0. The standard InChI is InChI=1S/C17H20ClF2NO6/c1-15(2)8-3-4-16(15)9(7-8)25-5-6-26-13(23)17(19,20)10-11(18)21(12(16)22)14(24)27-10/h8-11H,3-7H2,1-2H3/t8-,9+,10+,11+,16-/m0/s1. The van der Waals surface area contributed by atoms with E-state index >= 15 is 0 Å². The molecular formula is C17H20ClF2NO6. The van der Waals surface area contributed by atoms with Crippen LogP contribution in [0.4, 0.5) is 13.6 Å². The van der Waals surface area contributed by atoms with Gasteiger partial charge in [-0.1, -0.05) is 25.4 Å². The first-order valence-electron chi connectivity index (χ1n) is 8.90. The van der Waals surface area contributed by atoms with Gasteiger partial charge < -0.3 is 14.2 Å². The van der Waals surface area contributed by atoms with Crippen LogP contribution in [0.15, 0.2) is 0 Å². The highest BCUT2D eigenvalue weighted by atomic mass is 35.5. The Morgan fingerprint density at radius 2 is 1.89 bits per heavy atom. The van der Waals surface area contributed by atoms with Crippen molar-refractivity contribution in [2.75, 3.05) is 13.2 Å². The quantitative estimate of drug-likeness (QED) is 0.348. The molecule has 7 nitrogen and oxygen atoms in total. The van der Waals surface area contributed by atoms with Crippen LogP contribution in [0.5, 0.6) is 0 Å². The highest BCUT2D eigenvalue weighted by Crippen LogP contribution is 2.67. The van der Waals surface area contributed by atoms with Gasteiger partial charge in [-0.15, -0.1) is 0 Å². The van der Waals surface area contributed by atoms with Crippen molar-refractivity contribution in [1.82, 2.24) is 4.90 Å². The fourth-order valence-electron chi connectivity index (χ4n) is 5.28. The minimum absolute atomic E-state index is 0.117. The molecule has 2 heterocycles. The summed E-state index contributed by atoms with van der Waals surface area (Å²) < 4.78 is 43.9. The smallest absolute Gasteiger partial charge is 0.418 e. The lowest BCUT2D eigenvalue weighted by molar-refractivity contribution is -0.190. The molecule has 5 atom stereocenters. The van der Waals surface area contributed by atoms with Crippen molar-refractivity contribution < 1.29 is 37.4 Å². The van der Waals surface area contributed by atoms with Crippen molar-refractivity contribution in [3.63, 3.8) is 0 Å². The maximum Gasteiger partial charge on any atom is 0.418 e. The summed E-state index contributed by atoms with van der Waals surface area (Å²) in [6.45, 7) is 3.34. The summed E-state index contributed by atoms with van der Waals surface area (Å²) >= 11 is 6.06. The van der Waals surface area contributed by atoms with Gasteiger partial charge in [0.05, 0.1) is 18.1 Å². The van der Waals surface area contributed by atoms with Crippen LogP contribution < -0.4 is 0 Å². The lowest BCUT2D eigenvalue weighted by Gasteiger charge is -2.42. The van der Waals surface area contributed by atoms with Gasteiger partial charge in [-0.25, -0.2) is 14.5 Å². The Morgan fingerprint density at radius 3 is 2.56 bits per heavy atom. The molecule has 4 fully saturated rings. The van der Waals surface area contributed by atoms with Crippen molar-refractivity contribution in [2.45, 2.75) is 56.7 Å². The number of hydrogen-bond donors (Lipinski definition) is 0. The van der Waals surface area contributed by atoms with E-state index in [-0.39, 0.29) is 12.5 Å². The summed E-state index contributed by atoms with van der Waals surface area (Å²) in [5.74, 6) is -6.54. The number of alkyl halides is 3. The van der Waals surface area contributed by atoms with Crippen LogP contribution in [-0.2, 0) is 23.8 Å². The van der Waals surface area contributed by atoms with Crippen LogP contribution in [0.3, 0.4) is 0 Å². The van der Waals surface area contributed by atoms with Crippen LogP contribution >= 0.6 is 11.6 Å². The number of halogens is 3. The number of carbonyl (C=O) groups excluding carboxylic acids is 3. The molecule has 2 saturated heterocycles. The van der Waals surface area contributed by atoms with Gasteiger partial charge in [0.25, 0.3) is 0 Å². The Balaban J connectivity index is 1.79. The van der Waals surface area contributed by atoms with Crippen LogP contribution in [0.1, 0.15) is 33.1 Å². The average Bonchev–Trinajstić information content (AvgIpc) is 3.12. The van der Waals surface area contributed by atoms with Gasteiger partial charge >= 0.3 is 18.0 Å². The van der Waals surface area contributed by atoms with Crippen molar-refractivity contribution in [1.29, 1.82) is 0 Å². The van der Waals surface area contributed by atoms with E-state index in [4.69, 9.17) is 16.3 Å². The maximum absolute atomic E-state index is 14.4. The number of nitrogens with zero attached hydrogens (tertiary/aromatic N) is 1. The molecular weight excluding hydrogens is 388 g/mol. The van der Waals surface area contributed by atoms with Gasteiger partial charge in [-0.2, -0.15) is 8.78 Å². The van der Waals surface area contributed by atoms with E-state index in [1.54, 1.807) is 0 Å². The first-order valence-corrected chi connectivity index (χ1v) is 9.34. The second kappa shape index (κ2) is 5.76. The molecule has 0 radical (unpaired) electrons. The zero-order chi connectivity index (χ0) is 19.8. The predicted octanol–water partition coefficient (Wildman–Crippen LogP) is 2.30. The van der Waals surface area contributed by atoms with Crippen molar-refractivity contribution in [2.24, 2.45) is 16.7 Å². The molecule has 4 bridgehead atoms. The van der Waals surface area contributed by atoms with Gasteiger partial charge in [0.2, 0.25) is 12.0 Å². The van der Waals surface area contributed by atoms with E-state index in [2.05, 4.69) is 9.47 Å². The number of cyclic esters (lactones) is 1. The number of rotatable bonds is 0. The monoisotopic (exact) mass is 407 g/mol. The normalized spacial score (nSPS) is 42.9. The summed E-state index contributed by atoms with van der Waals surface area (Å²) in [5.41, 5.74) is -3.40. The van der Waals surface area contributed by atoms with Crippen LogP contribution in [0, 0.1) is 16.7 Å². The molecule has 2 saturated carbocycles. The average molecular weight is 408 g/mol. The number of imide groups is 1. The number of hydrogen-bond acceptors (Lipinski definition) is 6. The van der Waals surface area contributed by atoms with Crippen molar-refractivity contribution in [3.05, 3.63) is 0 Å². The fourth-order valence-corrected chi connectivity index (χ4v) is 5.66. The number of esters is 1. The second-order valence-corrected chi connectivity index (χ2v) is 8.58. The molecule has 150 valence electrons. The molecule has 2 aliphatic carbocycles. The molecule has 0 N–H and O–H groups in total. The molecule has 4 aliphatic rings. The molecule has 2 aliphatic heterocycles. The van der Waals surface area contributed by atoms with Crippen LogP contribution in [-0.4, -0.2) is 59.7 Å². The predicted molar refractivity (Wildman–Crippen MR) is 86.0 cm³/mol. The minimum atomic E-state index is -4.18. The van der Waals surface area contributed by atoms with Gasteiger partial charge in [-0.05, 0) is 30.6 Å². The molecule has 4 rings (SSSR count). The Bertz CT molecular complexity index is 716. The van der Waals surface area contributed by atoms with E-state index in [9.17, 15) is 23.2 Å². The Kier molecular flexibility index (Phi) is 4.03. The number of ether oxygens (including phenoxy) is 3. The summed E-state index contributed by atoms with van der Waals surface area (Å²) in [4.78, 5) is 38.1. The third-order valence-electron chi connectivity index (χ3n) is 6.89. The highest BCUT2D eigenvalue weighted by Gasteiger charge is 2.72. The van der Waals surface area contributed by atoms with Crippen LogP contribution in [0.2, 0.25) is 0 Å². The number of carbonyl (C=O) groups is 3. The first-order chi connectivity index (χ1) is 12.5. The number of amides is 2. The van der Waals surface area contributed by atoms with Crippen LogP contribution in [0.25, 0.3) is 0 Å². The van der Waals surface area contributed by atoms with E-state index < -0.39 is 59.0 Å². The summed E-state index contributed by atoms with van der Waals surface area (Å²) in [7, 11) is 0. The third-order valence-corrected chi connectivity index (χ3v) is 7.32. The zero-order valence-electron chi connectivity index (χ0n) is 14.9. The molecule has 27 heavy (non-hydrogen) atoms. The summed E-state index contributed by atoms with van der Waals surface area (Å²) in [5, 5.41) is 0. The molecule has 1 spiro atoms. The molecule has 0 aromatic carbocycles. The highest BCUT2D eigenvalue weighted by molar-refractivity contribution is 6.24. The van der Waals surface area contributed by atoms with E-state index in [1.807, 2.05) is 13.8 Å². The summed E-state index contributed by atoms with van der Waals surface area (Å²) in [6.07, 6.45) is -2.28. The van der Waals surface area contributed by atoms with Gasteiger partial charge in [0.1, 0.15) is 6.61 Å². The number of fused-ring (bicyclic) bond motifs is 3. The topological polar surface area (TPSA) is 82.1 Å². The zero-order valence-corrected chi connectivity index (χ0v) is 15.6. The van der Waals surface area contributed by atoms with E-state index in [0.29, 0.717) is 17.7 Å². The van der Waals surface area contributed by atoms with Gasteiger partial charge in [0, 0.05) is 0 Å².